The van der Waals surface area contributed by atoms with E-state index in [9.17, 15) is 9.90 Å². The molecule has 3 heteroatoms. The van der Waals surface area contributed by atoms with Crippen molar-refractivity contribution in [1.29, 1.82) is 0 Å². The molecule has 2 saturated carbocycles. The quantitative estimate of drug-likeness (QED) is 0.802. The molecule has 0 amide bonds. The molecule has 17 heavy (non-hydrogen) atoms. The molecule has 0 spiro atoms. The molecule has 0 aromatic heterocycles. The second kappa shape index (κ2) is 5.38. The van der Waals surface area contributed by atoms with Crippen LogP contribution in [0.1, 0.15) is 52.4 Å². The molecular weight excluding hydrogens is 214 g/mol. The predicted molar refractivity (Wildman–Crippen MR) is 67.9 cm³/mol. The molecule has 0 aromatic rings. The number of rotatable bonds is 5. The Balaban J connectivity index is 2.08. The van der Waals surface area contributed by atoms with Crippen LogP contribution in [-0.4, -0.2) is 34.6 Å². The lowest BCUT2D eigenvalue weighted by Crippen LogP contribution is -2.48. The average molecular weight is 239 g/mol. The molecule has 2 aliphatic carbocycles. The first-order valence-corrected chi connectivity index (χ1v) is 7.12. The second-order valence-corrected chi connectivity index (χ2v) is 5.90. The molecule has 2 rings (SSSR count). The molecule has 3 unspecified atom stereocenters. The number of carbonyl (C=O) groups is 1. The van der Waals surface area contributed by atoms with Gasteiger partial charge in [0.1, 0.15) is 0 Å². The third kappa shape index (κ3) is 3.01. The molecule has 2 aliphatic rings. The highest BCUT2D eigenvalue weighted by Crippen LogP contribution is 2.38. The minimum Gasteiger partial charge on any atom is -0.481 e. The van der Waals surface area contributed by atoms with Gasteiger partial charge in [-0.3, -0.25) is 9.69 Å². The third-order valence-corrected chi connectivity index (χ3v) is 4.32. The molecule has 1 N–H and O–H groups in total. The Kier molecular flexibility index (Phi) is 4.08. The second-order valence-electron chi connectivity index (χ2n) is 5.90. The fourth-order valence-corrected chi connectivity index (χ4v) is 3.29. The van der Waals surface area contributed by atoms with Crippen LogP contribution in [0.3, 0.4) is 0 Å². The summed E-state index contributed by atoms with van der Waals surface area (Å²) in [4.78, 5) is 13.9. The van der Waals surface area contributed by atoms with E-state index in [1.165, 1.54) is 12.8 Å². The average Bonchev–Trinajstić information content (AvgIpc) is 3.09. The van der Waals surface area contributed by atoms with Crippen molar-refractivity contribution in [2.45, 2.75) is 64.5 Å². The van der Waals surface area contributed by atoms with Crippen LogP contribution in [0.4, 0.5) is 0 Å². The minimum atomic E-state index is -0.580. The van der Waals surface area contributed by atoms with Gasteiger partial charge in [-0.05, 0) is 51.0 Å². The Morgan fingerprint density at radius 2 is 2.00 bits per heavy atom. The minimum absolute atomic E-state index is 0.127. The molecule has 98 valence electrons. The van der Waals surface area contributed by atoms with E-state index in [2.05, 4.69) is 18.7 Å². The molecule has 0 radical (unpaired) electrons. The normalized spacial score (nSPS) is 33.9. The first-order valence-electron chi connectivity index (χ1n) is 7.12. The number of hydrogen-bond acceptors (Lipinski definition) is 2. The smallest absolute Gasteiger partial charge is 0.308 e. The van der Waals surface area contributed by atoms with Crippen LogP contribution in [0.25, 0.3) is 0 Å². The standard InChI is InChI=1S/C14H25NO2/c1-3-8-15(11-5-6-11)13-9-10(2)4-7-12(13)14(16)17/h10-13H,3-9H2,1-2H3,(H,16,17). The van der Waals surface area contributed by atoms with Crippen molar-refractivity contribution in [3.05, 3.63) is 0 Å². The number of nitrogens with zero attached hydrogens (tertiary/aromatic N) is 1. The summed E-state index contributed by atoms with van der Waals surface area (Å²) in [5.74, 6) is -0.0179. The maximum Gasteiger partial charge on any atom is 0.308 e. The Labute approximate surface area is 104 Å². The van der Waals surface area contributed by atoms with Crippen LogP contribution in [0.15, 0.2) is 0 Å². The fraction of sp³-hybridized carbons (Fsp3) is 0.929. The van der Waals surface area contributed by atoms with E-state index in [0.717, 1.165) is 32.2 Å². The summed E-state index contributed by atoms with van der Waals surface area (Å²) in [5, 5.41) is 9.39. The largest absolute Gasteiger partial charge is 0.481 e. The molecule has 2 fully saturated rings. The van der Waals surface area contributed by atoms with Gasteiger partial charge in [-0.2, -0.15) is 0 Å². The number of carboxylic acids is 1. The predicted octanol–water partition coefficient (Wildman–Crippen LogP) is 2.75. The van der Waals surface area contributed by atoms with Crippen LogP contribution >= 0.6 is 0 Å². The molecule has 3 atom stereocenters. The molecule has 3 nitrogen and oxygen atoms in total. The van der Waals surface area contributed by atoms with E-state index >= 15 is 0 Å². The maximum atomic E-state index is 11.4. The lowest BCUT2D eigenvalue weighted by atomic mass is 9.78. The van der Waals surface area contributed by atoms with Crippen LogP contribution in [0.2, 0.25) is 0 Å². The topological polar surface area (TPSA) is 40.5 Å². The lowest BCUT2D eigenvalue weighted by Gasteiger charge is -2.40. The van der Waals surface area contributed by atoms with Gasteiger partial charge in [0.05, 0.1) is 5.92 Å². The Morgan fingerprint density at radius 3 is 2.53 bits per heavy atom. The highest BCUT2D eigenvalue weighted by Gasteiger charge is 2.42. The summed E-state index contributed by atoms with van der Waals surface area (Å²) >= 11 is 0. The van der Waals surface area contributed by atoms with E-state index in [1.54, 1.807) is 0 Å². The SMILES string of the molecule is CCCN(C1CC1)C1CC(C)CCC1C(=O)O. The van der Waals surface area contributed by atoms with Gasteiger partial charge in [0.2, 0.25) is 0 Å². The van der Waals surface area contributed by atoms with Crippen molar-refractivity contribution in [1.82, 2.24) is 4.90 Å². The van der Waals surface area contributed by atoms with E-state index in [0.29, 0.717) is 18.0 Å². The van der Waals surface area contributed by atoms with Crippen LogP contribution in [0, 0.1) is 11.8 Å². The van der Waals surface area contributed by atoms with E-state index in [4.69, 9.17) is 0 Å². The molecule has 0 heterocycles. The van der Waals surface area contributed by atoms with Crippen molar-refractivity contribution in [3.63, 3.8) is 0 Å². The van der Waals surface area contributed by atoms with Crippen LogP contribution in [0.5, 0.6) is 0 Å². The summed E-state index contributed by atoms with van der Waals surface area (Å²) in [6, 6.07) is 0.982. The number of carboxylic acid groups (broad SMARTS) is 1. The van der Waals surface area contributed by atoms with Crippen LogP contribution in [-0.2, 0) is 4.79 Å². The van der Waals surface area contributed by atoms with Crippen molar-refractivity contribution in [3.8, 4) is 0 Å². The van der Waals surface area contributed by atoms with E-state index in [-0.39, 0.29) is 5.92 Å². The summed E-state index contributed by atoms with van der Waals surface area (Å²) in [6.45, 7) is 5.53. The van der Waals surface area contributed by atoms with Crippen molar-refractivity contribution >= 4 is 5.97 Å². The Hall–Kier alpha value is -0.570. The summed E-state index contributed by atoms with van der Waals surface area (Å²) in [7, 11) is 0. The Morgan fingerprint density at radius 1 is 1.29 bits per heavy atom. The lowest BCUT2D eigenvalue weighted by molar-refractivity contribution is -0.146. The van der Waals surface area contributed by atoms with Gasteiger partial charge in [0.25, 0.3) is 0 Å². The zero-order chi connectivity index (χ0) is 12.4. The summed E-state index contributed by atoms with van der Waals surface area (Å²) in [6.07, 6.45) is 6.71. The van der Waals surface area contributed by atoms with Gasteiger partial charge in [-0.25, -0.2) is 0 Å². The molecule has 0 bridgehead atoms. The fourth-order valence-electron chi connectivity index (χ4n) is 3.29. The van der Waals surface area contributed by atoms with Crippen LogP contribution < -0.4 is 0 Å². The first kappa shape index (κ1) is 12.9. The van der Waals surface area contributed by atoms with E-state index < -0.39 is 5.97 Å². The van der Waals surface area contributed by atoms with Crippen molar-refractivity contribution < 1.29 is 9.90 Å². The van der Waals surface area contributed by atoms with Gasteiger partial charge in [-0.1, -0.05) is 13.8 Å². The van der Waals surface area contributed by atoms with E-state index in [1.807, 2.05) is 0 Å². The zero-order valence-electron chi connectivity index (χ0n) is 11.1. The van der Waals surface area contributed by atoms with Gasteiger partial charge < -0.3 is 5.11 Å². The zero-order valence-corrected chi connectivity index (χ0v) is 11.1. The highest BCUT2D eigenvalue weighted by molar-refractivity contribution is 5.71. The van der Waals surface area contributed by atoms with Gasteiger partial charge >= 0.3 is 5.97 Å². The summed E-state index contributed by atoms with van der Waals surface area (Å²) in [5.41, 5.74) is 0. The first-order chi connectivity index (χ1) is 8.13. The molecule has 0 saturated heterocycles. The highest BCUT2D eigenvalue weighted by atomic mass is 16.4. The van der Waals surface area contributed by atoms with Gasteiger partial charge in [0, 0.05) is 12.1 Å². The molecular formula is C14H25NO2. The van der Waals surface area contributed by atoms with Gasteiger partial charge in [-0.15, -0.1) is 0 Å². The molecule has 0 aromatic carbocycles. The third-order valence-electron chi connectivity index (χ3n) is 4.32. The molecule has 0 aliphatic heterocycles. The van der Waals surface area contributed by atoms with Crippen molar-refractivity contribution in [2.75, 3.05) is 6.54 Å². The van der Waals surface area contributed by atoms with Gasteiger partial charge in [0.15, 0.2) is 0 Å². The Bertz CT molecular complexity index is 275. The summed E-state index contributed by atoms with van der Waals surface area (Å²) < 4.78 is 0. The number of hydrogen-bond donors (Lipinski definition) is 1. The monoisotopic (exact) mass is 239 g/mol. The van der Waals surface area contributed by atoms with Crippen molar-refractivity contribution in [2.24, 2.45) is 11.8 Å². The maximum absolute atomic E-state index is 11.4. The number of aliphatic carboxylic acids is 1.